The highest BCUT2D eigenvalue weighted by Gasteiger charge is 2.31. The zero-order valence-corrected chi connectivity index (χ0v) is 9.59. The van der Waals surface area contributed by atoms with Gasteiger partial charge in [-0.05, 0) is 19.4 Å². The lowest BCUT2D eigenvalue weighted by molar-refractivity contribution is 0.0155. The number of nitrogens with zero attached hydrogens (tertiary/aromatic N) is 2. The van der Waals surface area contributed by atoms with E-state index >= 15 is 0 Å². The molecule has 0 amide bonds. The zero-order valence-electron chi connectivity index (χ0n) is 8.83. The maximum absolute atomic E-state index is 10.3. The summed E-state index contributed by atoms with van der Waals surface area (Å²) in [5, 5.41) is 14.0. The third-order valence-corrected chi connectivity index (χ3v) is 3.27. The second-order valence-electron chi connectivity index (χ2n) is 4.27. The van der Waals surface area contributed by atoms with Gasteiger partial charge in [-0.25, -0.2) is 4.98 Å². The highest BCUT2D eigenvalue weighted by atomic mass is 35.5. The maximum atomic E-state index is 10.3. The van der Waals surface area contributed by atoms with Crippen LogP contribution in [0, 0.1) is 0 Å². The molecule has 0 aromatic carbocycles. The third kappa shape index (κ3) is 2.33. The van der Waals surface area contributed by atoms with Crippen LogP contribution in [-0.4, -0.2) is 33.3 Å². The van der Waals surface area contributed by atoms with Gasteiger partial charge in [0, 0.05) is 20.0 Å². The SMILES string of the molecule is Cn1cnc(Cl)c1CC1(O)CCCNC1. The number of hydrogen-bond donors (Lipinski definition) is 2. The Labute approximate surface area is 94.3 Å². The molecule has 1 atom stereocenters. The van der Waals surface area contributed by atoms with E-state index in [-0.39, 0.29) is 0 Å². The van der Waals surface area contributed by atoms with Crippen molar-refractivity contribution in [3.05, 3.63) is 17.2 Å². The Morgan fingerprint density at radius 2 is 2.53 bits per heavy atom. The number of aliphatic hydroxyl groups is 1. The molecule has 2 heterocycles. The van der Waals surface area contributed by atoms with E-state index in [2.05, 4.69) is 10.3 Å². The van der Waals surface area contributed by atoms with E-state index in [0.717, 1.165) is 25.1 Å². The van der Waals surface area contributed by atoms with Gasteiger partial charge in [0.1, 0.15) is 5.15 Å². The lowest BCUT2D eigenvalue weighted by Crippen LogP contribution is -2.47. The number of rotatable bonds is 2. The molecule has 1 aliphatic rings. The fourth-order valence-corrected chi connectivity index (χ4v) is 2.28. The van der Waals surface area contributed by atoms with Gasteiger partial charge in [-0.1, -0.05) is 11.6 Å². The molecule has 1 aliphatic heterocycles. The molecule has 2 N–H and O–H groups in total. The number of halogens is 1. The minimum Gasteiger partial charge on any atom is -0.388 e. The number of piperidine rings is 1. The van der Waals surface area contributed by atoms with Gasteiger partial charge in [0.05, 0.1) is 17.6 Å². The van der Waals surface area contributed by atoms with E-state index in [9.17, 15) is 5.11 Å². The van der Waals surface area contributed by atoms with E-state index in [1.807, 2.05) is 11.6 Å². The summed E-state index contributed by atoms with van der Waals surface area (Å²) in [5.41, 5.74) is 0.234. The first-order chi connectivity index (χ1) is 7.11. The normalized spacial score (nSPS) is 26.9. The molecule has 1 saturated heterocycles. The van der Waals surface area contributed by atoms with Crippen LogP contribution in [0.5, 0.6) is 0 Å². The second kappa shape index (κ2) is 4.12. The molecule has 1 unspecified atom stereocenters. The van der Waals surface area contributed by atoms with Gasteiger partial charge in [-0.2, -0.15) is 0 Å². The van der Waals surface area contributed by atoms with Crippen molar-refractivity contribution >= 4 is 11.6 Å². The topological polar surface area (TPSA) is 50.1 Å². The van der Waals surface area contributed by atoms with Crippen LogP contribution in [0.2, 0.25) is 5.15 Å². The van der Waals surface area contributed by atoms with Crippen LogP contribution in [0.15, 0.2) is 6.33 Å². The first-order valence-corrected chi connectivity index (χ1v) is 5.57. The van der Waals surface area contributed by atoms with Crippen molar-refractivity contribution in [3.8, 4) is 0 Å². The summed E-state index contributed by atoms with van der Waals surface area (Å²) in [4.78, 5) is 4.01. The van der Waals surface area contributed by atoms with Gasteiger partial charge in [0.15, 0.2) is 0 Å². The highest BCUT2D eigenvalue weighted by molar-refractivity contribution is 6.30. The minimum atomic E-state index is -0.671. The molecule has 2 rings (SSSR count). The van der Waals surface area contributed by atoms with Gasteiger partial charge in [-0.15, -0.1) is 0 Å². The van der Waals surface area contributed by atoms with Crippen LogP contribution in [0.25, 0.3) is 0 Å². The number of β-amino-alcohol motifs (C(OH)–C–C–N with tert-alkyl or cyclic N) is 1. The number of hydrogen-bond acceptors (Lipinski definition) is 3. The summed E-state index contributed by atoms with van der Waals surface area (Å²) in [6, 6.07) is 0. The molecule has 0 bridgehead atoms. The minimum absolute atomic E-state index is 0.497. The summed E-state index contributed by atoms with van der Waals surface area (Å²) in [7, 11) is 1.90. The summed E-state index contributed by atoms with van der Waals surface area (Å²) in [6.07, 6.45) is 4.07. The van der Waals surface area contributed by atoms with Crippen molar-refractivity contribution < 1.29 is 5.11 Å². The zero-order chi connectivity index (χ0) is 10.9. The monoisotopic (exact) mass is 229 g/mol. The van der Waals surface area contributed by atoms with Crippen molar-refractivity contribution in [2.75, 3.05) is 13.1 Å². The van der Waals surface area contributed by atoms with Crippen molar-refractivity contribution in [2.24, 2.45) is 7.05 Å². The number of imidazole rings is 1. The van der Waals surface area contributed by atoms with Crippen molar-refractivity contribution in [1.82, 2.24) is 14.9 Å². The molecule has 1 fully saturated rings. The van der Waals surface area contributed by atoms with E-state index < -0.39 is 5.60 Å². The van der Waals surface area contributed by atoms with Gasteiger partial charge in [-0.3, -0.25) is 0 Å². The molecule has 0 aliphatic carbocycles. The van der Waals surface area contributed by atoms with Crippen LogP contribution in [0.4, 0.5) is 0 Å². The molecule has 15 heavy (non-hydrogen) atoms. The first-order valence-electron chi connectivity index (χ1n) is 5.19. The smallest absolute Gasteiger partial charge is 0.150 e. The van der Waals surface area contributed by atoms with Gasteiger partial charge in [0.2, 0.25) is 0 Å². The molecular formula is C10H16ClN3O. The van der Waals surface area contributed by atoms with E-state index in [1.165, 1.54) is 0 Å². The maximum Gasteiger partial charge on any atom is 0.150 e. The molecule has 1 aromatic rings. The predicted octanol–water partition coefficient (Wildman–Crippen LogP) is 0.730. The molecule has 0 saturated carbocycles. The molecular weight excluding hydrogens is 214 g/mol. The van der Waals surface area contributed by atoms with Gasteiger partial charge in [0.25, 0.3) is 0 Å². The lowest BCUT2D eigenvalue weighted by atomic mass is 9.89. The fourth-order valence-electron chi connectivity index (χ4n) is 2.04. The quantitative estimate of drug-likeness (QED) is 0.786. The Kier molecular flexibility index (Phi) is 3.00. The molecule has 0 radical (unpaired) electrons. The molecule has 0 spiro atoms. The van der Waals surface area contributed by atoms with E-state index in [1.54, 1.807) is 6.33 Å². The van der Waals surface area contributed by atoms with Crippen LogP contribution >= 0.6 is 11.6 Å². The Balaban J connectivity index is 2.13. The lowest BCUT2D eigenvalue weighted by Gasteiger charge is -2.32. The van der Waals surface area contributed by atoms with Crippen LogP contribution in [0.3, 0.4) is 0 Å². The predicted molar refractivity (Wildman–Crippen MR) is 59.0 cm³/mol. The average Bonchev–Trinajstić information content (AvgIpc) is 2.50. The first kappa shape index (κ1) is 10.9. The van der Waals surface area contributed by atoms with E-state index in [4.69, 9.17) is 11.6 Å². The molecule has 5 heteroatoms. The number of aromatic nitrogens is 2. The Morgan fingerprint density at radius 1 is 1.73 bits per heavy atom. The van der Waals surface area contributed by atoms with Crippen molar-refractivity contribution in [2.45, 2.75) is 24.9 Å². The average molecular weight is 230 g/mol. The summed E-state index contributed by atoms with van der Waals surface area (Å²) < 4.78 is 1.87. The van der Waals surface area contributed by atoms with Gasteiger partial charge < -0.3 is 15.0 Å². The van der Waals surface area contributed by atoms with Crippen molar-refractivity contribution in [3.63, 3.8) is 0 Å². The number of nitrogens with one attached hydrogen (secondary N) is 1. The summed E-state index contributed by atoms with van der Waals surface area (Å²) in [5.74, 6) is 0. The van der Waals surface area contributed by atoms with E-state index in [0.29, 0.717) is 18.1 Å². The third-order valence-electron chi connectivity index (χ3n) is 2.95. The Hall–Kier alpha value is -0.580. The molecule has 1 aromatic heterocycles. The van der Waals surface area contributed by atoms with Crippen LogP contribution < -0.4 is 5.32 Å². The number of aryl methyl sites for hydroxylation is 1. The molecule has 84 valence electrons. The Bertz CT molecular complexity index is 325. The molecule has 4 nitrogen and oxygen atoms in total. The van der Waals surface area contributed by atoms with Gasteiger partial charge >= 0.3 is 0 Å². The Morgan fingerprint density at radius 3 is 3.07 bits per heavy atom. The second-order valence-corrected chi connectivity index (χ2v) is 4.63. The highest BCUT2D eigenvalue weighted by Crippen LogP contribution is 2.24. The van der Waals surface area contributed by atoms with Crippen LogP contribution in [0.1, 0.15) is 18.5 Å². The standard InChI is InChI=1S/C10H16ClN3O/c1-14-7-13-9(11)8(14)5-10(15)3-2-4-12-6-10/h7,12,15H,2-6H2,1H3. The summed E-state index contributed by atoms with van der Waals surface area (Å²) >= 11 is 5.96. The fraction of sp³-hybridized carbons (Fsp3) is 0.700. The van der Waals surface area contributed by atoms with Crippen molar-refractivity contribution in [1.29, 1.82) is 0 Å². The largest absolute Gasteiger partial charge is 0.388 e. The van der Waals surface area contributed by atoms with Crippen LogP contribution in [-0.2, 0) is 13.5 Å². The summed E-state index contributed by atoms with van der Waals surface area (Å²) in [6.45, 7) is 1.62.